The van der Waals surface area contributed by atoms with Gasteiger partial charge in [-0.1, -0.05) is 17.3 Å². The zero-order valence-corrected chi connectivity index (χ0v) is 15.6. The highest BCUT2D eigenvalue weighted by Crippen LogP contribution is 2.29. The normalized spacial score (nSPS) is 15.1. The van der Waals surface area contributed by atoms with Crippen LogP contribution < -0.4 is 5.32 Å². The summed E-state index contributed by atoms with van der Waals surface area (Å²) >= 11 is 1.31. The highest BCUT2D eigenvalue weighted by molar-refractivity contribution is 7.88. The Balaban J connectivity index is 1.47. The molecule has 0 saturated heterocycles. The number of benzene rings is 1. The number of anilines is 1. The van der Waals surface area contributed by atoms with Crippen molar-refractivity contribution in [3.8, 4) is 0 Å². The number of carbonyl (C=O) groups excluding carboxylic acids is 1. The van der Waals surface area contributed by atoms with Crippen LogP contribution in [0.2, 0.25) is 0 Å². The van der Waals surface area contributed by atoms with E-state index in [0.717, 1.165) is 16.0 Å². The fraction of sp³-hybridized carbons (Fsp3) is 0.312. The maximum absolute atomic E-state index is 12.3. The maximum atomic E-state index is 12.3. The van der Waals surface area contributed by atoms with Gasteiger partial charge in [0, 0.05) is 29.8 Å². The molecule has 0 saturated carbocycles. The van der Waals surface area contributed by atoms with Crippen molar-refractivity contribution in [3.05, 3.63) is 40.5 Å². The van der Waals surface area contributed by atoms with E-state index in [0.29, 0.717) is 35.9 Å². The van der Waals surface area contributed by atoms with Crippen LogP contribution in [0, 0.1) is 0 Å². The Bertz CT molecular complexity index is 1090. The Morgan fingerprint density at radius 2 is 2.19 bits per heavy atom. The Morgan fingerprint density at radius 1 is 1.38 bits per heavy atom. The average Bonchev–Trinajstić information content (AvgIpc) is 3.17. The third kappa shape index (κ3) is 3.35. The lowest BCUT2D eigenvalue weighted by Crippen LogP contribution is -2.34. The first kappa shape index (κ1) is 17.1. The van der Waals surface area contributed by atoms with Gasteiger partial charge in [-0.25, -0.2) is 13.4 Å². The molecule has 0 atom stereocenters. The molecule has 3 heterocycles. The first-order valence-electron chi connectivity index (χ1n) is 7.97. The molecule has 10 heteroatoms. The van der Waals surface area contributed by atoms with Crippen LogP contribution in [0.4, 0.5) is 5.13 Å². The Kier molecular flexibility index (Phi) is 4.25. The molecule has 0 spiro atoms. The minimum absolute atomic E-state index is 0.0801. The average molecular weight is 392 g/mol. The number of hydrogen-bond donors (Lipinski definition) is 1. The van der Waals surface area contributed by atoms with Crippen molar-refractivity contribution >= 4 is 43.4 Å². The molecule has 1 aliphatic rings. The molecule has 8 nitrogen and oxygen atoms in total. The zero-order chi connectivity index (χ0) is 18.3. The fourth-order valence-corrected chi connectivity index (χ4v) is 4.80. The molecular formula is C16H16N4O4S2. The van der Waals surface area contributed by atoms with Crippen molar-refractivity contribution in [3.63, 3.8) is 0 Å². The second kappa shape index (κ2) is 6.45. The number of carbonyl (C=O) groups is 1. The minimum Gasteiger partial charge on any atom is -0.356 e. The molecule has 0 unspecified atom stereocenters. The summed E-state index contributed by atoms with van der Waals surface area (Å²) in [6, 6.07) is 7.36. The molecule has 0 aliphatic carbocycles. The third-order valence-corrected chi connectivity index (χ3v) is 6.44. The summed E-state index contributed by atoms with van der Waals surface area (Å²) in [5.74, 6) is -0.241. The molecule has 0 radical (unpaired) electrons. The summed E-state index contributed by atoms with van der Waals surface area (Å²) in [5.41, 5.74) is 2.06. The van der Waals surface area contributed by atoms with E-state index >= 15 is 0 Å². The molecule has 26 heavy (non-hydrogen) atoms. The summed E-state index contributed by atoms with van der Waals surface area (Å²) < 4.78 is 30.0. The predicted molar refractivity (Wildman–Crippen MR) is 97.4 cm³/mol. The van der Waals surface area contributed by atoms with Gasteiger partial charge >= 0.3 is 0 Å². The van der Waals surface area contributed by atoms with E-state index in [9.17, 15) is 13.2 Å². The Morgan fingerprint density at radius 3 is 3.00 bits per heavy atom. The SMILES string of the molecule is CS(=O)(=O)N1CCc2nc(NC(=O)Cc3noc4ccccc34)sc2C1. The van der Waals surface area contributed by atoms with Crippen LogP contribution in [0.25, 0.3) is 11.0 Å². The van der Waals surface area contributed by atoms with Gasteiger partial charge in [0.1, 0.15) is 5.69 Å². The van der Waals surface area contributed by atoms with Crippen molar-refractivity contribution in [1.29, 1.82) is 0 Å². The summed E-state index contributed by atoms with van der Waals surface area (Å²) in [6.45, 7) is 0.712. The number of aromatic nitrogens is 2. The molecule has 0 fully saturated rings. The number of fused-ring (bicyclic) bond motifs is 2. The molecule has 1 aromatic carbocycles. The predicted octanol–water partition coefficient (Wildman–Crippen LogP) is 1.78. The number of rotatable bonds is 4. The van der Waals surface area contributed by atoms with E-state index in [1.54, 1.807) is 6.07 Å². The Hall–Kier alpha value is -2.30. The van der Waals surface area contributed by atoms with Gasteiger partial charge in [0.15, 0.2) is 10.7 Å². The second-order valence-electron chi connectivity index (χ2n) is 6.09. The highest BCUT2D eigenvalue weighted by atomic mass is 32.2. The van der Waals surface area contributed by atoms with Crippen LogP contribution in [0.3, 0.4) is 0 Å². The van der Waals surface area contributed by atoms with Gasteiger partial charge in [0.2, 0.25) is 15.9 Å². The molecular weight excluding hydrogens is 376 g/mol. The summed E-state index contributed by atoms with van der Waals surface area (Å²) in [7, 11) is -3.23. The van der Waals surface area contributed by atoms with Crippen LogP contribution >= 0.6 is 11.3 Å². The first-order chi connectivity index (χ1) is 12.4. The van der Waals surface area contributed by atoms with Crippen molar-refractivity contribution in [2.45, 2.75) is 19.4 Å². The Labute approximate surface area is 153 Å². The van der Waals surface area contributed by atoms with Gasteiger partial charge in [-0.05, 0) is 12.1 Å². The van der Waals surface area contributed by atoms with Gasteiger partial charge in [-0.2, -0.15) is 4.31 Å². The molecule has 0 bridgehead atoms. The number of hydrogen-bond acceptors (Lipinski definition) is 7. The third-order valence-electron chi connectivity index (χ3n) is 4.19. The lowest BCUT2D eigenvalue weighted by molar-refractivity contribution is -0.115. The molecule has 1 aliphatic heterocycles. The number of nitrogens with one attached hydrogen (secondary N) is 1. The standard InChI is InChI=1S/C16H16N4O4S2/c1-26(22,23)20-7-6-11-14(9-20)25-16(17-11)18-15(21)8-12-10-4-2-3-5-13(10)24-19-12/h2-5H,6-9H2,1H3,(H,17,18,21). The molecule has 2 aromatic heterocycles. The van der Waals surface area contributed by atoms with E-state index in [-0.39, 0.29) is 12.3 Å². The monoisotopic (exact) mass is 392 g/mol. The first-order valence-corrected chi connectivity index (χ1v) is 10.6. The van der Waals surface area contributed by atoms with Crippen molar-refractivity contribution < 1.29 is 17.7 Å². The van der Waals surface area contributed by atoms with Crippen LogP contribution in [-0.4, -0.2) is 41.6 Å². The second-order valence-corrected chi connectivity index (χ2v) is 9.15. The highest BCUT2D eigenvalue weighted by Gasteiger charge is 2.26. The van der Waals surface area contributed by atoms with Gasteiger partial charge in [0.05, 0.1) is 18.4 Å². The lowest BCUT2D eigenvalue weighted by Gasteiger charge is -2.23. The van der Waals surface area contributed by atoms with Crippen molar-refractivity contribution in [2.24, 2.45) is 0 Å². The van der Waals surface area contributed by atoms with Crippen LogP contribution in [-0.2, 0) is 34.2 Å². The van der Waals surface area contributed by atoms with Crippen LogP contribution in [0.15, 0.2) is 28.8 Å². The van der Waals surface area contributed by atoms with Crippen molar-refractivity contribution in [2.75, 3.05) is 18.1 Å². The molecule has 4 rings (SSSR count). The van der Waals surface area contributed by atoms with E-state index in [1.807, 2.05) is 18.2 Å². The lowest BCUT2D eigenvalue weighted by atomic mass is 10.2. The largest absolute Gasteiger partial charge is 0.356 e. The van der Waals surface area contributed by atoms with Crippen LogP contribution in [0.5, 0.6) is 0 Å². The van der Waals surface area contributed by atoms with Gasteiger partial charge in [0.25, 0.3) is 0 Å². The summed E-state index contributed by atoms with van der Waals surface area (Å²) in [4.78, 5) is 17.6. The topological polar surface area (TPSA) is 105 Å². The fourth-order valence-electron chi connectivity index (χ4n) is 2.89. The summed E-state index contributed by atoms with van der Waals surface area (Å²) in [5, 5.41) is 8.01. The number of amides is 1. The van der Waals surface area contributed by atoms with E-state index in [4.69, 9.17) is 4.52 Å². The van der Waals surface area contributed by atoms with Crippen LogP contribution in [0.1, 0.15) is 16.3 Å². The van der Waals surface area contributed by atoms with E-state index in [2.05, 4.69) is 15.5 Å². The minimum atomic E-state index is -3.23. The number of nitrogens with zero attached hydrogens (tertiary/aromatic N) is 3. The molecule has 3 aromatic rings. The van der Waals surface area contributed by atoms with Gasteiger partial charge in [-0.3, -0.25) is 4.79 Å². The van der Waals surface area contributed by atoms with Gasteiger partial charge in [-0.15, -0.1) is 11.3 Å². The number of thiazole rings is 1. The van der Waals surface area contributed by atoms with Crippen molar-refractivity contribution in [1.82, 2.24) is 14.4 Å². The molecule has 1 amide bonds. The number of sulfonamides is 1. The summed E-state index contributed by atoms with van der Waals surface area (Å²) in [6.07, 6.45) is 1.82. The van der Waals surface area contributed by atoms with Gasteiger partial charge < -0.3 is 9.84 Å². The quantitative estimate of drug-likeness (QED) is 0.726. The zero-order valence-electron chi connectivity index (χ0n) is 13.9. The molecule has 1 N–H and O–H groups in total. The van der Waals surface area contributed by atoms with E-state index in [1.165, 1.54) is 21.9 Å². The maximum Gasteiger partial charge on any atom is 0.232 e. The number of para-hydroxylation sites is 1. The van der Waals surface area contributed by atoms with E-state index < -0.39 is 10.0 Å². The smallest absolute Gasteiger partial charge is 0.232 e. The molecule has 136 valence electrons.